The Kier molecular flexibility index (Phi) is 4.04. The van der Waals surface area contributed by atoms with Crippen molar-refractivity contribution >= 4 is 40.3 Å². The predicted octanol–water partition coefficient (Wildman–Crippen LogP) is 3.24. The number of primary amides is 1. The molecule has 0 aliphatic carbocycles. The zero-order chi connectivity index (χ0) is 16.4. The molecule has 0 atom stereocenters. The number of hydrogen-bond acceptors (Lipinski definition) is 3. The van der Waals surface area contributed by atoms with Gasteiger partial charge in [-0.3, -0.25) is 9.79 Å². The first kappa shape index (κ1) is 15.1. The second-order valence-corrected chi connectivity index (χ2v) is 5.52. The lowest BCUT2D eigenvalue weighted by Crippen LogP contribution is -2.17. The fourth-order valence-electron chi connectivity index (χ4n) is 2.42. The Morgan fingerprint density at radius 1 is 1.30 bits per heavy atom. The Balaban J connectivity index is 2.02. The average Bonchev–Trinajstić information content (AvgIpc) is 2.84. The lowest BCUT2D eigenvalue weighted by atomic mass is 10.2. The summed E-state index contributed by atoms with van der Waals surface area (Å²) >= 11 is 5.81. The number of phenolic OH excluding ortho intramolecular Hbond substituents is 1. The third-order valence-electron chi connectivity index (χ3n) is 3.43. The van der Waals surface area contributed by atoms with Crippen molar-refractivity contribution in [2.75, 3.05) is 0 Å². The monoisotopic (exact) mass is 327 g/mol. The molecule has 0 aliphatic heterocycles. The van der Waals surface area contributed by atoms with Crippen molar-refractivity contribution in [1.82, 2.24) is 4.57 Å². The van der Waals surface area contributed by atoms with Crippen molar-refractivity contribution in [2.24, 2.45) is 10.7 Å². The highest BCUT2D eigenvalue weighted by Gasteiger charge is 2.08. The van der Waals surface area contributed by atoms with E-state index >= 15 is 0 Å². The summed E-state index contributed by atoms with van der Waals surface area (Å²) < 4.78 is 1.78. The molecule has 116 valence electrons. The molecule has 0 saturated heterocycles. The number of carbonyl (C=O) groups excluding carboxylic acids is 1. The summed E-state index contributed by atoms with van der Waals surface area (Å²) in [5.74, 6) is -0.404. The van der Waals surface area contributed by atoms with Gasteiger partial charge in [0.05, 0.1) is 0 Å². The van der Waals surface area contributed by atoms with Crippen LogP contribution in [0.25, 0.3) is 10.9 Å². The highest BCUT2D eigenvalue weighted by atomic mass is 35.5. The second-order valence-electron chi connectivity index (χ2n) is 5.09. The molecule has 2 aromatic carbocycles. The van der Waals surface area contributed by atoms with Crippen LogP contribution in [0.5, 0.6) is 5.75 Å². The summed E-state index contributed by atoms with van der Waals surface area (Å²) in [5.41, 5.74) is 7.43. The number of para-hydroxylation sites is 1. The molecule has 0 saturated carbocycles. The van der Waals surface area contributed by atoms with E-state index in [1.807, 2.05) is 30.5 Å². The van der Waals surface area contributed by atoms with Crippen molar-refractivity contribution in [2.45, 2.75) is 6.54 Å². The van der Waals surface area contributed by atoms with Gasteiger partial charge >= 0.3 is 0 Å². The van der Waals surface area contributed by atoms with Crippen LogP contribution in [0, 0.1) is 0 Å². The van der Waals surface area contributed by atoms with E-state index < -0.39 is 5.91 Å². The molecule has 3 aromatic rings. The smallest absolute Gasteiger partial charge is 0.237 e. The number of hydrogen-bond donors (Lipinski definition) is 2. The first-order valence-corrected chi connectivity index (χ1v) is 7.31. The number of nitrogens with zero attached hydrogens (tertiary/aromatic N) is 2. The maximum Gasteiger partial charge on any atom is 0.237 e. The third kappa shape index (κ3) is 3.19. The van der Waals surface area contributed by atoms with E-state index in [2.05, 4.69) is 4.99 Å². The van der Waals surface area contributed by atoms with Gasteiger partial charge in [-0.15, -0.1) is 0 Å². The van der Waals surface area contributed by atoms with Crippen LogP contribution < -0.4 is 5.73 Å². The molecule has 0 unspecified atom stereocenters. The molecule has 0 spiro atoms. The van der Waals surface area contributed by atoms with E-state index in [4.69, 9.17) is 17.3 Å². The van der Waals surface area contributed by atoms with Gasteiger partial charge in [0, 0.05) is 40.0 Å². The average molecular weight is 328 g/mol. The minimum absolute atomic E-state index is 0.00891. The van der Waals surface area contributed by atoms with Crippen LogP contribution in [0.4, 0.5) is 5.69 Å². The lowest BCUT2D eigenvalue weighted by molar-refractivity contribution is -0.118. The van der Waals surface area contributed by atoms with E-state index in [0.717, 1.165) is 16.5 Å². The molecule has 3 N–H and O–H groups in total. The standard InChI is InChI=1S/C17H14ClN3O2/c18-12-5-6-14(16(22)7-12)20-8-11-9-21(10-17(19)23)15-4-2-1-3-13(11)15/h1-9,22H,10H2,(H2,19,23). The first-order chi connectivity index (χ1) is 11.0. The molecule has 0 bridgehead atoms. The van der Waals surface area contributed by atoms with Crippen molar-refractivity contribution < 1.29 is 9.90 Å². The van der Waals surface area contributed by atoms with Crippen LogP contribution in [0.3, 0.4) is 0 Å². The molecule has 0 radical (unpaired) electrons. The number of nitrogens with two attached hydrogens (primary N) is 1. The van der Waals surface area contributed by atoms with E-state index in [1.165, 1.54) is 6.07 Å². The molecule has 0 fully saturated rings. The highest BCUT2D eigenvalue weighted by Crippen LogP contribution is 2.29. The lowest BCUT2D eigenvalue weighted by Gasteiger charge is -2.00. The molecule has 0 aliphatic rings. The second kappa shape index (κ2) is 6.14. The maximum absolute atomic E-state index is 11.2. The Morgan fingerprint density at radius 3 is 2.83 bits per heavy atom. The molecular weight excluding hydrogens is 314 g/mol. The van der Waals surface area contributed by atoms with Crippen LogP contribution in [0.2, 0.25) is 5.02 Å². The first-order valence-electron chi connectivity index (χ1n) is 6.93. The van der Waals surface area contributed by atoms with Gasteiger partial charge in [0.15, 0.2) is 0 Å². The molecule has 23 heavy (non-hydrogen) atoms. The fraction of sp³-hybridized carbons (Fsp3) is 0.0588. The number of halogens is 1. The van der Waals surface area contributed by atoms with Gasteiger partial charge < -0.3 is 15.4 Å². The van der Waals surface area contributed by atoms with Crippen LogP contribution >= 0.6 is 11.6 Å². The quantitative estimate of drug-likeness (QED) is 0.721. The molecule has 1 amide bonds. The summed E-state index contributed by atoms with van der Waals surface area (Å²) in [7, 11) is 0. The predicted molar refractivity (Wildman–Crippen MR) is 91.5 cm³/mol. The topological polar surface area (TPSA) is 80.6 Å². The number of fused-ring (bicyclic) bond motifs is 1. The van der Waals surface area contributed by atoms with Gasteiger partial charge in [0.25, 0.3) is 0 Å². The summed E-state index contributed by atoms with van der Waals surface area (Å²) in [4.78, 5) is 15.5. The zero-order valence-corrected chi connectivity index (χ0v) is 12.9. The number of amides is 1. The Labute approximate surface area is 137 Å². The number of carbonyl (C=O) groups is 1. The molecule has 1 aromatic heterocycles. The van der Waals surface area contributed by atoms with Crippen LogP contribution in [-0.2, 0) is 11.3 Å². The summed E-state index contributed by atoms with van der Waals surface area (Å²) in [6.45, 7) is 0.0978. The highest BCUT2D eigenvalue weighted by molar-refractivity contribution is 6.30. The van der Waals surface area contributed by atoms with Gasteiger partial charge in [-0.2, -0.15) is 0 Å². The summed E-state index contributed by atoms with van der Waals surface area (Å²) in [6.07, 6.45) is 3.45. The molecule has 3 rings (SSSR count). The van der Waals surface area contributed by atoms with Crippen LogP contribution in [0.15, 0.2) is 53.7 Å². The maximum atomic E-state index is 11.2. The van der Waals surface area contributed by atoms with Gasteiger partial charge in [0.2, 0.25) is 5.91 Å². The minimum atomic E-state index is -0.412. The third-order valence-corrected chi connectivity index (χ3v) is 3.66. The summed E-state index contributed by atoms with van der Waals surface area (Å²) in [6, 6.07) is 12.4. The van der Waals surface area contributed by atoms with E-state index in [1.54, 1.807) is 22.9 Å². The number of benzene rings is 2. The Morgan fingerprint density at radius 2 is 2.09 bits per heavy atom. The van der Waals surface area contributed by atoms with Gasteiger partial charge in [0.1, 0.15) is 18.0 Å². The van der Waals surface area contributed by atoms with Crippen molar-refractivity contribution in [3.8, 4) is 5.75 Å². The fourth-order valence-corrected chi connectivity index (χ4v) is 2.59. The van der Waals surface area contributed by atoms with E-state index in [9.17, 15) is 9.90 Å². The molecular formula is C17H14ClN3O2. The Bertz CT molecular complexity index is 915. The van der Waals surface area contributed by atoms with E-state index in [0.29, 0.717) is 10.7 Å². The van der Waals surface area contributed by atoms with Crippen LogP contribution in [-0.4, -0.2) is 21.8 Å². The van der Waals surface area contributed by atoms with Gasteiger partial charge in [-0.1, -0.05) is 29.8 Å². The number of rotatable bonds is 4. The summed E-state index contributed by atoms with van der Waals surface area (Å²) in [5, 5.41) is 11.2. The molecule has 1 heterocycles. The SMILES string of the molecule is NC(=O)Cn1cc(C=Nc2ccc(Cl)cc2O)c2ccccc21. The number of aromatic hydroxyl groups is 1. The number of aromatic nitrogens is 1. The molecule has 5 nitrogen and oxygen atoms in total. The van der Waals surface area contributed by atoms with Crippen molar-refractivity contribution in [3.63, 3.8) is 0 Å². The molecule has 6 heteroatoms. The normalized spacial score (nSPS) is 11.3. The van der Waals surface area contributed by atoms with Crippen LogP contribution in [0.1, 0.15) is 5.56 Å². The van der Waals surface area contributed by atoms with E-state index in [-0.39, 0.29) is 12.3 Å². The van der Waals surface area contributed by atoms with Crippen molar-refractivity contribution in [3.05, 3.63) is 59.2 Å². The van der Waals surface area contributed by atoms with Gasteiger partial charge in [-0.25, -0.2) is 0 Å². The number of aliphatic imine (C=N–C) groups is 1. The van der Waals surface area contributed by atoms with Gasteiger partial charge in [-0.05, 0) is 18.2 Å². The van der Waals surface area contributed by atoms with Crippen molar-refractivity contribution in [1.29, 1.82) is 0 Å². The zero-order valence-electron chi connectivity index (χ0n) is 12.1. The Hall–Kier alpha value is -2.79. The largest absolute Gasteiger partial charge is 0.506 e. The number of phenols is 1. The minimum Gasteiger partial charge on any atom is -0.506 e.